The zero-order valence-corrected chi connectivity index (χ0v) is 16.1. The van der Waals surface area contributed by atoms with Crippen molar-refractivity contribution >= 4 is 12.0 Å². The number of rotatable bonds is 3. The zero-order valence-electron chi connectivity index (χ0n) is 16.1. The van der Waals surface area contributed by atoms with Crippen molar-refractivity contribution in [3.63, 3.8) is 0 Å². The molecule has 2 aromatic carbocycles. The fourth-order valence-corrected chi connectivity index (χ4v) is 3.93. The number of fused-ring (bicyclic) bond motifs is 1. The molecule has 0 bridgehead atoms. The van der Waals surface area contributed by atoms with Crippen LogP contribution in [-0.2, 0) is 17.5 Å². The number of alkyl halides is 3. The molecule has 1 saturated heterocycles. The molecule has 2 aliphatic heterocycles. The van der Waals surface area contributed by atoms with Gasteiger partial charge in [0.15, 0.2) is 5.75 Å². The summed E-state index contributed by atoms with van der Waals surface area (Å²) in [6, 6.07) is 9.13. The SMILES string of the molecule is O=C1C=Cc2ccc(CN3CCC(c4cccc(C(F)(F)F)c4)CC3)c(O)c2ON1. The Labute approximate surface area is 171 Å². The third-order valence-electron chi connectivity index (χ3n) is 5.58. The van der Waals surface area contributed by atoms with Gasteiger partial charge in [0.2, 0.25) is 5.75 Å². The number of hydrogen-bond donors (Lipinski definition) is 2. The van der Waals surface area contributed by atoms with Crippen molar-refractivity contribution < 1.29 is 27.9 Å². The molecule has 2 N–H and O–H groups in total. The predicted molar refractivity (Wildman–Crippen MR) is 105 cm³/mol. The number of nitrogens with one attached hydrogen (secondary N) is 1. The van der Waals surface area contributed by atoms with E-state index in [-0.39, 0.29) is 17.4 Å². The molecule has 0 aliphatic carbocycles. The number of halogens is 3. The molecule has 0 saturated carbocycles. The summed E-state index contributed by atoms with van der Waals surface area (Å²) < 4.78 is 38.9. The van der Waals surface area contributed by atoms with E-state index in [9.17, 15) is 23.1 Å². The lowest BCUT2D eigenvalue weighted by molar-refractivity contribution is -0.137. The lowest BCUT2D eigenvalue weighted by Crippen LogP contribution is -2.32. The molecule has 0 radical (unpaired) electrons. The molecule has 2 aliphatic rings. The van der Waals surface area contributed by atoms with Crippen LogP contribution in [0.25, 0.3) is 6.08 Å². The number of benzene rings is 2. The summed E-state index contributed by atoms with van der Waals surface area (Å²) in [5.41, 5.74) is 3.59. The third kappa shape index (κ3) is 4.28. The van der Waals surface area contributed by atoms with Gasteiger partial charge in [0.05, 0.1) is 5.56 Å². The van der Waals surface area contributed by atoms with Gasteiger partial charge in [-0.25, -0.2) is 0 Å². The minimum absolute atomic E-state index is 0.0284. The number of likely N-dealkylation sites (tertiary alicyclic amines) is 1. The number of piperidine rings is 1. The van der Waals surface area contributed by atoms with Gasteiger partial charge in [0, 0.05) is 23.7 Å². The van der Waals surface area contributed by atoms with Crippen molar-refractivity contribution in [2.24, 2.45) is 0 Å². The number of phenolic OH excluding ortho intramolecular Hbond substituents is 1. The van der Waals surface area contributed by atoms with Gasteiger partial charge in [-0.15, -0.1) is 0 Å². The molecular weight excluding hydrogens is 397 g/mol. The van der Waals surface area contributed by atoms with Crippen LogP contribution in [0, 0.1) is 0 Å². The number of carbonyl (C=O) groups excluding carboxylic acids is 1. The van der Waals surface area contributed by atoms with E-state index >= 15 is 0 Å². The highest BCUT2D eigenvalue weighted by atomic mass is 19.4. The first-order valence-corrected chi connectivity index (χ1v) is 9.70. The van der Waals surface area contributed by atoms with E-state index < -0.39 is 17.6 Å². The number of nitrogens with zero attached hydrogens (tertiary/aromatic N) is 1. The van der Waals surface area contributed by atoms with E-state index in [0.29, 0.717) is 36.3 Å². The molecule has 30 heavy (non-hydrogen) atoms. The van der Waals surface area contributed by atoms with E-state index in [0.717, 1.165) is 18.9 Å². The molecule has 8 heteroatoms. The van der Waals surface area contributed by atoms with Crippen LogP contribution >= 0.6 is 0 Å². The first kappa shape index (κ1) is 20.3. The lowest BCUT2D eigenvalue weighted by Gasteiger charge is -2.32. The largest absolute Gasteiger partial charge is 0.504 e. The van der Waals surface area contributed by atoms with Crippen LogP contribution in [0.15, 0.2) is 42.5 Å². The Morgan fingerprint density at radius 3 is 2.63 bits per heavy atom. The highest BCUT2D eigenvalue weighted by molar-refractivity contribution is 5.92. The number of amides is 1. The third-order valence-corrected chi connectivity index (χ3v) is 5.58. The smallest absolute Gasteiger partial charge is 0.416 e. The summed E-state index contributed by atoms with van der Waals surface area (Å²) in [7, 11) is 0. The number of aromatic hydroxyl groups is 1. The highest BCUT2D eigenvalue weighted by Crippen LogP contribution is 2.37. The molecule has 0 atom stereocenters. The van der Waals surface area contributed by atoms with Crippen LogP contribution in [0.2, 0.25) is 0 Å². The molecule has 5 nitrogen and oxygen atoms in total. The number of phenols is 1. The van der Waals surface area contributed by atoms with Gasteiger partial charge >= 0.3 is 6.18 Å². The summed E-state index contributed by atoms with van der Waals surface area (Å²) in [5.74, 6) is -0.163. The van der Waals surface area contributed by atoms with Gasteiger partial charge in [-0.3, -0.25) is 9.69 Å². The normalized spacial score (nSPS) is 17.8. The Bertz CT molecular complexity index is 980. The van der Waals surface area contributed by atoms with Crippen molar-refractivity contribution in [1.29, 1.82) is 0 Å². The maximum Gasteiger partial charge on any atom is 0.416 e. The van der Waals surface area contributed by atoms with Gasteiger partial charge in [0.1, 0.15) is 0 Å². The molecule has 158 valence electrons. The molecule has 1 amide bonds. The second-order valence-corrected chi connectivity index (χ2v) is 7.57. The summed E-state index contributed by atoms with van der Waals surface area (Å²) in [6.45, 7) is 1.89. The molecule has 0 aromatic heterocycles. The molecule has 2 aromatic rings. The van der Waals surface area contributed by atoms with Gasteiger partial charge in [0.25, 0.3) is 5.91 Å². The minimum atomic E-state index is -4.34. The second-order valence-electron chi connectivity index (χ2n) is 7.57. The summed E-state index contributed by atoms with van der Waals surface area (Å²) in [6.07, 6.45) is 0.0339. The zero-order chi connectivity index (χ0) is 21.3. The van der Waals surface area contributed by atoms with E-state index in [1.165, 1.54) is 18.2 Å². The van der Waals surface area contributed by atoms with Crippen molar-refractivity contribution in [1.82, 2.24) is 10.4 Å². The van der Waals surface area contributed by atoms with Crippen molar-refractivity contribution in [2.75, 3.05) is 13.1 Å². The average Bonchev–Trinajstić information content (AvgIpc) is 2.92. The van der Waals surface area contributed by atoms with E-state index in [2.05, 4.69) is 10.4 Å². The van der Waals surface area contributed by atoms with E-state index in [1.54, 1.807) is 24.3 Å². The molecular formula is C22H21F3N2O3. The summed E-state index contributed by atoms with van der Waals surface area (Å²) >= 11 is 0. The van der Waals surface area contributed by atoms with Crippen molar-refractivity contribution in [3.05, 3.63) is 64.7 Å². The average molecular weight is 418 g/mol. The number of carbonyl (C=O) groups is 1. The molecule has 0 unspecified atom stereocenters. The van der Waals surface area contributed by atoms with Gasteiger partial charge in [-0.1, -0.05) is 30.3 Å². The van der Waals surface area contributed by atoms with Crippen LogP contribution in [0.3, 0.4) is 0 Å². The van der Waals surface area contributed by atoms with Crippen LogP contribution in [-0.4, -0.2) is 29.0 Å². The first-order valence-electron chi connectivity index (χ1n) is 9.70. The fourth-order valence-electron chi connectivity index (χ4n) is 3.93. The van der Waals surface area contributed by atoms with Gasteiger partial charge in [-0.2, -0.15) is 18.7 Å². The maximum absolute atomic E-state index is 13.0. The van der Waals surface area contributed by atoms with Crippen molar-refractivity contribution in [3.8, 4) is 11.5 Å². The highest BCUT2D eigenvalue weighted by Gasteiger charge is 2.31. The quantitative estimate of drug-likeness (QED) is 0.783. The topological polar surface area (TPSA) is 61.8 Å². The Morgan fingerprint density at radius 1 is 1.13 bits per heavy atom. The Hall–Kier alpha value is -3.00. The van der Waals surface area contributed by atoms with Crippen molar-refractivity contribution in [2.45, 2.75) is 31.5 Å². The fraction of sp³-hybridized carbons (Fsp3) is 0.318. The summed E-state index contributed by atoms with van der Waals surface area (Å²) in [5, 5.41) is 10.6. The van der Waals surface area contributed by atoms with Gasteiger partial charge < -0.3 is 9.94 Å². The standard InChI is InChI=1S/C22H21F3N2O3/c23-22(24,25)18-3-1-2-16(12-18)14-8-10-27(11-9-14)13-17-5-4-15-6-7-19(28)26-30-21(15)20(17)29/h1-7,12,14,29H,8-11,13H2,(H,26,28). The number of hydrogen-bond acceptors (Lipinski definition) is 4. The predicted octanol–water partition coefficient (Wildman–Crippen LogP) is 4.23. The van der Waals surface area contributed by atoms with Crippen LogP contribution in [0.5, 0.6) is 11.5 Å². The van der Waals surface area contributed by atoms with Crippen LogP contribution in [0.4, 0.5) is 13.2 Å². The molecule has 4 rings (SSSR count). The second kappa shape index (κ2) is 8.02. The van der Waals surface area contributed by atoms with Gasteiger partial charge in [-0.05, 0) is 49.6 Å². The molecule has 1 fully saturated rings. The maximum atomic E-state index is 13.0. The van der Waals surface area contributed by atoms with Crippen LogP contribution < -0.4 is 10.3 Å². The van der Waals surface area contributed by atoms with E-state index in [4.69, 9.17) is 4.84 Å². The molecule has 0 spiro atoms. The number of hydroxylamine groups is 1. The minimum Gasteiger partial charge on any atom is -0.504 e. The molecule has 2 heterocycles. The first-order chi connectivity index (χ1) is 14.3. The summed E-state index contributed by atoms with van der Waals surface area (Å²) in [4.78, 5) is 18.8. The Balaban J connectivity index is 1.41. The Morgan fingerprint density at radius 2 is 1.90 bits per heavy atom. The monoisotopic (exact) mass is 418 g/mol. The van der Waals surface area contributed by atoms with Crippen LogP contribution in [0.1, 0.15) is 41.0 Å². The van der Waals surface area contributed by atoms with E-state index in [1.807, 2.05) is 0 Å². The lowest BCUT2D eigenvalue weighted by atomic mass is 9.88. The Kier molecular flexibility index (Phi) is 5.42.